The third-order valence-electron chi connectivity index (χ3n) is 5.87. The number of fused-ring (bicyclic) bond motifs is 3. The van der Waals surface area contributed by atoms with Gasteiger partial charge in [0.2, 0.25) is 0 Å². The summed E-state index contributed by atoms with van der Waals surface area (Å²) in [7, 11) is 0. The van der Waals surface area contributed by atoms with Crippen molar-refractivity contribution in [1.29, 1.82) is 0 Å². The fraction of sp³-hybridized carbons (Fsp3) is 0.208. The normalized spacial score (nSPS) is 21.1. The van der Waals surface area contributed by atoms with Crippen LogP contribution in [0.2, 0.25) is 0 Å². The fourth-order valence-corrected chi connectivity index (χ4v) is 4.16. The van der Waals surface area contributed by atoms with E-state index in [0.29, 0.717) is 11.4 Å². The molecule has 4 rings (SSSR count). The highest BCUT2D eigenvalue weighted by atomic mass is 16.5. The van der Waals surface area contributed by atoms with Crippen LogP contribution in [0.25, 0.3) is 0 Å². The number of ether oxygens (including phenoxy) is 1. The Kier molecular flexibility index (Phi) is 4.50. The Morgan fingerprint density at radius 2 is 1.71 bits per heavy atom. The Labute approximate surface area is 178 Å². The van der Waals surface area contributed by atoms with Crippen LogP contribution in [0.3, 0.4) is 0 Å². The molecule has 31 heavy (non-hydrogen) atoms. The highest BCUT2D eigenvalue weighted by Gasteiger charge is 2.56. The van der Waals surface area contributed by atoms with Crippen LogP contribution >= 0.6 is 0 Å². The summed E-state index contributed by atoms with van der Waals surface area (Å²) in [5.74, 6) is -2.45. The smallest absolute Gasteiger partial charge is 0.194 e. The van der Waals surface area contributed by atoms with Gasteiger partial charge in [0.05, 0.1) is 11.1 Å². The van der Waals surface area contributed by atoms with Crippen LogP contribution in [0.1, 0.15) is 42.3 Å². The van der Waals surface area contributed by atoms with Crippen LogP contribution in [0.15, 0.2) is 53.4 Å². The summed E-state index contributed by atoms with van der Waals surface area (Å²) in [4.78, 5) is 38.7. The van der Waals surface area contributed by atoms with Gasteiger partial charge >= 0.3 is 0 Å². The van der Waals surface area contributed by atoms with E-state index >= 15 is 0 Å². The summed E-state index contributed by atoms with van der Waals surface area (Å²) < 4.78 is 5.75. The third-order valence-corrected chi connectivity index (χ3v) is 5.87. The molecule has 0 saturated carbocycles. The van der Waals surface area contributed by atoms with Crippen molar-refractivity contribution < 1.29 is 29.3 Å². The molecular formula is C24H21NO6. The Morgan fingerprint density at radius 3 is 2.32 bits per heavy atom. The molecule has 7 heteroatoms. The topological polar surface area (TPSA) is 113 Å². The van der Waals surface area contributed by atoms with Crippen molar-refractivity contribution in [2.45, 2.75) is 33.1 Å². The largest absolute Gasteiger partial charge is 0.507 e. The molecule has 0 fully saturated rings. The first-order valence-corrected chi connectivity index (χ1v) is 9.71. The Hall–Kier alpha value is -3.87. The molecule has 0 bridgehead atoms. The molecule has 158 valence electrons. The van der Waals surface area contributed by atoms with Crippen molar-refractivity contribution in [3.8, 4) is 17.2 Å². The maximum absolute atomic E-state index is 13.7. The summed E-state index contributed by atoms with van der Waals surface area (Å²) in [6.07, 6.45) is 1.20. The fourth-order valence-electron chi connectivity index (χ4n) is 4.16. The maximum atomic E-state index is 13.7. The molecule has 1 atom stereocenters. The zero-order valence-electron chi connectivity index (χ0n) is 17.5. The summed E-state index contributed by atoms with van der Waals surface area (Å²) >= 11 is 0. The second-order valence-electron chi connectivity index (χ2n) is 7.88. The Bertz CT molecular complexity index is 1240. The molecule has 0 saturated heterocycles. The number of rotatable bonds is 3. The average Bonchev–Trinajstić information content (AvgIpc) is 3.00. The number of aromatic hydroxyl groups is 2. The zero-order chi connectivity index (χ0) is 22.7. The van der Waals surface area contributed by atoms with Crippen molar-refractivity contribution in [2.24, 2.45) is 0 Å². The Morgan fingerprint density at radius 1 is 1.06 bits per heavy atom. The molecule has 1 aliphatic carbocycles. The van der Waals surface area contributed by atoms with Crippen LogP contribution in [-0.4, -0.2) is 27.6 Å². The first-order valence-electron chi connectivity index (χ1n) is 9.71. The van der Waals surface area contributed by atoms with Crippen LogP contribution < -0.4 is 10.1 Å². The molecule has 7 nitrogen and oxygen atoms in total. The molecule has 2 aromatic carbocycles. The quantitative estimate of drug-likeness (QED) is 0.395. The van der Waals surface area contributed by atoms with Gasteiger partial charge in [0.25, 0.3) is 0 Å². The van der Waals surface area contributed by atoms with E-state index in [2.05, 4.69) is 5.32 Å². The number of hydrogen-bond acceptors (Lipinski definition) is 7. The van der Waals surface area contributed by atoms with E-state index in [0.717, 1.165) is 0 Å². The van der Waals surface area contributed by atoms with Gasteiger partial charge in [0.15, 0.2) is 17.3 Å². The van der Waals surface area contributed by atoms with E-state index in [9.17, 15) is 24.6 Å². The number of allylic oxidation sites excluding steroid dienone is 4. The highest BCUT2D eigenvalue weighted by Crippen LogP contribution is 2.57. The number of phenols is 2. The van der Waals surface area contributed by atoms with Gasteiger partial charge in [0, 0.05) is 23.0 Å². The maximum Gasteiger partial charge on any atom is 0.194 e. The lowest BCUT2D eigenvalue weighted by Crippen LogP contribution is -2.40. The van der Waals surface area contributed by atoms with E-state index < -0.39 is 28.5 Å². The molecule has 2 aliphatic rings. The van der Waals surface area contributed by atoms with Gasteiger partial charge in [-0.3, -0.25) is 14.4 Å². The number of anilines is 1. The van der Waals surface area contributed by atoms with Gasteiger partial charge in [-0.15, -0.1) is 0 Å². The van der Waals surface area contributed by atoms with Gasteiger partial charge in [-0.05, 0) is 39.8 Å². The number of nitrogens with one attached hydrogen (secondary N) is 1. The number of benzene rings is 2. The predicted molar refractivity (Wildman–Crippen MR) is 113 cm³/mol. The van der Waals surface area contributed by atoms with Crippen molar-refractivity contribution in [3.05, 3.63) is 70.1 Å². The zero-order valence-corrected chi connectivity index (χ0v) is 17.5. The summed E-state index contributed by atoms with van der Waals surface area (Å²) in [5.41, 5.74) is -0.532. The van der Waals surface area contributed by atoms with E-state index in [1.54, 1.807) is 19.1 Å². The standard InChI is InChI=1S/C24H21NO6/c1-11-20(28)18(13(3)26)22-19(21(11)29)24(4)16(31-22)10-15(27)17(23(24)30)12(2)25-14-8-6-5-7-9-14/h5-10,25,28-29H,1-4H3/t24-/m0/s1. The van der Waals surface area contributed by atoms with E-state index in [1.807, 2.05) is 18.2 Å². The summed E-state index contributed by atoms with van der Waals surface area (Å²) in [5, 5.41) is 24.3. The van der Waals surface area contributed by atoms with Crippen LogP contribution in [0.5, 0.6) is 17.2 Å². The van der Waals surface area contributed by atoms with Gasteiger partial charge < -0.3 is 20.3 Å². The number of ketones is 3. The Balaban J connectivity index is 1.94. The molecule has 1 aliphatic heterocycles. The van der Waals surface area contributed by atoms with Gasteiger partial charge in [-0.25, -0.2) is 0 Å². The highest BCUT2D eigenvalue weighted by molar-refractivity contribution is 6.31. The molecule has 0 spiro atoms. The van der Waals surface area contributed by atoms with Crippen molar-refractivity contribution >= 4 is 23.0 Å². The predicted octanol–water partition coefficient (Wildman–Crippen LogP) is 3.68. The molecule has 0 radical (unpaired) electrons. The van der Waals surface area contributed by atoms with E-state index in [4.69, 9.17) is 4.74 Å². The first kappa shape index (κ1) is 20.4. The molecule has 1 heterocycles. The molecule has 0 unspecified atom stereocenters. The van der Waals surface area contributed by atoms with Crippen LogP contribution in [0.4, 0.5) is 5.69 Å². The SMILES string of the molecule is CC(=O)c1c(O)c(C)c(O)c2c1OC1=CC(=O)C(=C(C)Nc3ccccc3)C(=O)[C@@]12C. The summed E-state index contributed by atoms with van der Waals surface area (Å²) in [6.45, 7) is 5.86. The minimum absolute atomic E-state index is 0.0107. The van der Waals surface area contributed by atoms with E-state index in [-0.39, 0.29) is 39.5 Å². The molecule has 0 aromatic heterocycles. The number of carbonyl (C=O) groups excluding carboxylic acids is 3. The van der Waals surface area contributed by atoms with E-state index in [1.165, 1.54) is 26.8 Å². The molecular weight excluding hydrogens is 398 g/mol. The molecule has 3 N–H and O–H groups in total. The number of hydrogen-bond donors (Lipinski definition) is 3. The minimum atomic E-state index is -1.52. The lowest BCUT2D eigenvalue weighted by Gasteiger charge is -2.29. The number of para-hydroxylation sites is 1. The lowest BCUT2D eigenvalue weighted by molar-refractivity contribution is -0.123. The van der Waals surface area contributed by atoms with Crippen LogP contribution in [0, 0.1) is 6.92 Å². The molecule has 0 amide bonds. The van der Waals surface area contributed by atoms with Crippen molar-refractivity contribution in [1.82, 2.24) is 0 Å². The number of phenolic OH excluding ortho intramolecular Hbond substituents is 2. The summed E-state index contributed by atoms with van der Waals surface area (Å²) in [6, 6.07) is 9.09. The second-order valence-corrected chi connectivity index (χ2v) is 7.88. The first-order chi connectivity index (χ1) is 14.6. The number of carbonyl (C=O) groups is 3. The number of Topliss-reactive ketones (excluding diaryl/α,β-unsaturated/α-hetero) is 2. The second kappa shape index (κ2) is 6.84. The van der Waals surface area contributed by atoms with Crippen molar-refractivity contribution in [2.75, 3.05) is 5.32 Å². The minimum Gasteiger partial charge on any atom is -0.507 e. The monoisotopic (exact) mass is 419 g/mol. The lowest BCUT2D eigenvalue weighted by atomic mass is 9.70. The van der Waals surface area contributed by atoms with Gasteiger partial charge in [-0.2, -0.15) is 0 Å². The molecule has 2 aromatic rings. The van der Waals surface area contributed by atoms with Gasteiger partial charge in [0.1, 0.15) is 34.0 Å². The van der Waals surface area contributed by atoms with Gasteiger partial charge in [-0.1, -0.05) is 18.2 Å². The average molecular weight is 419 g/mol. The van der Waals surface area contributed by atoms with Crippen LogP contribution in [-0.2, 0) is 15.0 Å². The third kappa shape index (κ3) is 2.77. The van der Waals surface area contributed by atoms with Crippen molar-refractivity contribution in [3.63, 3.8) is 0 Å².